The Morgan fingerprint density at radius 1 is 1.50 bits per heavy atom. The maximum atomic E-state index is 5.54. The number of hydrogen-bond donors (Lipinski definition) is 2. The first kappa shape index (κ1) is 12.7. The molecule has 4 heteroatoms. The zero-order chi connectivity index (χ0) is 12.0. The molecule has 0 saturated carbocycles. The highest BCUT2D eigenvalue weighted by atomic mass is 15.1. The minimum absolute atomic E-state index is 0.685. The third-order valence-corrected chi connectivity index (χ3v) is 2.45. The van der Waals surface area contributed by atoms with Crippen LogP contribution in [0.4, 0.5) is 0 Å². The molecule has 0 bridgehead atoms. The van der Waals surface area contributed by atoms with Gasteiger partial charge in [-0.05, 0) is 32.5 Å². The molecule has 0 aromatic carbocycles. The first-order chi connectivity index (χ1) is 7.78. The van der Waals surface area contributed by atoms with E-state index in [1.165, 1.54) is 5.69 Å². The SMILES string of the molecule is C=Cc1nc(CNC)c(CCCN)n1C=C. The maximum Gasteiger partial charge on any atom is 0.136 e. The Labute approximate surface area is 96.9 Å². The van der Waals surface area contributed by atoms with E-state index in [0.29, 0.717) is 6.54 Å². The second-order valence-electron chi connectivity index (χ2n) is 3.54. The van der Waals surface area contributed by atoms with Crippen molar-refractivity contribution in [2.45, 2.75) is 19.4 Å². The Balaban J connectivity index is 3.09. The van der Waals surface area contributed by atoms with Crippen molar-refractivity contribution >= 4 is 12.3 Å². The summed E-state index contributed by atoms with van der Waals surface area (Å²) in [5.74, 6) is 0.840. The van der Waals surface area contributed by atoms with E-state index in [1.807, 2.05) is 11.6 Å². The number of rotatable bonds is 7. The van der Waals surface area contributed by atoms with E-state index >= 15 is 0 Å². The predicted octanol–water partition coefficient (Wildman–Crippen LogP) is 1.24. The van der Waals surface area contributed by atoms with Crippen LogP contribution in [0.15, 0.2) is 13.2 Å². The number of hydrogen-bond acceptors (Lipinski definition) is 3. The molecule has 3 N–H and O–H groups in total. The molecular weight excluding hydrogens is 200 g/mol. The van der Waals surface area contributed by atoms with Gasteiger partial charge in [-0.3, -0.25) is 0 Å². The van der Waals surface area contributed by atoms with E-state index in [2.05, 4.69) is 23.5 Å². The Kier molecular flexibility index (Phi) is 4.95. The van der Waals surface area contributed by atoms with Crippen LogP contribution < -0.4 is 11.1 Å². The minimum atomic E-state index is 0.685. The molecule has 1 heterocycles. The fraction of sp³-hybridized carbons (Fsp3) is 0.417. The normalized spacial score (nSPS) is 10.4. The van der Waals surface area contributed by atoms with Crippen molar-refractivity contribution in [3.05, 3.63) is 30.4 Å². The average molecular weight is 220 g/mol. The minimum Gasteiger partial charge on any atom is -0.330 e. The second-order valence-corrected chi connectivity index (χ2v) is 3.54. The Morgan fingerprint density at radius 3 is 2.75 bits per heavy atom. The van der Waals surface area contributed by atoms with Gasteiger partial charge in [0.2, 0.25) is 0 Å². The van der Waals surface area contributed by atoms with Crippen LogP contribution in [-0.4, -0.2) is 23.1 Å². The zero-order valence-corrected chi connectivity index (χ0v) is 9.87. The molecule has 0 atom stereocenters. The Hall–Kier alpha value is -1.39. The molecule has 0 aliphatic heterocycles. The number of imidazole rings is 1. The van der Waals surface area contributed by atoms with E-state index in [0.717, 1.165) is 30.9 Å². The fourth-order valence-corrected chi connectivity index (χ4v) is 1.72. The highest BCUT2D eigenvalue weighted by molar-refractivity contribution is 5.46. The van der Waals surface area contributed by atoms with Crippen LogP contribution >= 0.6 is 0 Å². The van der Waals surface area contributed by atoms with Gasteiger partial charge in [0.05, 0.1) is 5.69 Å². The molecule has 16 heavy (non-hydrogen) atoms. The summed E-state index contributed by atoms with van der Waals surface area (Å²) in [6.07, 6.45) is 5.38. The Morgan fingerprint density at radius 2 is 2.25 bits per heavy atom. The van der Waals surface area contributed by atoms with Gasteiger partial charge >= 0.3 is 0 Å². The van der Waals surface area contributed by atoms with Crippen LogP contribution in [0.3, 0.4) is 0 Å². The second kappa shape index (κ2) is 6.25. The van der Waals surface area contributed by atoms with E-state index in [9.17, 15) is 0 Å². The molecule has 0 spiro atoms. The summed E-state index contributed by atoms with van der Waals surface area (Å²) in [5.41, 5.74) is 7.76. The van der Waals surface area contributed by atoms with Crippen molar-refractivity contribution in [3.63, 3.8) is 0 Å². The highest BCUT2D eigenvalue weighted by Crippen LogP contribution is 2.15. The van der Waals surface area contributed by atoms with Crippen molar-refractivity contribution in [1.29, 1.82) is 0 Å². The molecule has 0 amide bonds. The van der Waals surface area contributed by atoms with Gasteiger partial charge < -0.3 is 15.6 Å². The summed E-state index contributed by atoms with van der Waals surface area (Å²) in [4.78, 5) is 4.51. The molecule has 0 aliphatic carbocycles. The summed E-state index contributed by atoms with van der Waals surface area (Å²) in [7, 11) is 1.91. The van der Waals surface area contributed by atoms with Crippen LogP contribution in [-0.2, 0) is 13.0 Å². The van der Waals surface area contributed by atoms with Gasteiger partial charge in [0.25, 0.3) is 0 Å². The molecule has 1 rings (SSSR count). The lowest BCUT2D eigenvalue weighted by Gasteiger charge is -2.06. The third kappa shape index (κ3) is 2.59. The quantitative estimate of drug-likeness (QED) is 0.727. The van der Waals surface area contributed by atoms with Crippen molar-refractivity contribution in [2.24, 2.45) is 5.73 Å². The summed E-state index contributed by atoms with van der Waals surface area (Å²) < 4.78 is 1.98. The van der Waals surface area contributed by atoms with Crippen LogP contribution in [0.2, 0.25) is 0 Å². The fourth-order valence-electron chi connectivity index (χ4n) is 1.72. The summed E-state index contributed by atoms with van der Waals surface area (Å²) in [6, 6.07) is 0. The first-order valence-corrected chi connectivity index (χ1v) is 5.48. The standard InChI is InChI=1S/C12H20N4/c1-4-12-15-10(9-14-3)11(7-6-8-13)16(12)5-2/h4-5,14H,1-2,6-9,13H2,3H3. The number of aromatic nitrogens is 2. The molecule has 0 aliphatic rings. The lowest BCUT2D eigenvalue weighted by Crippen LogP contribution is -2.10. The maximum absolute atomic E-state index is 5.54. The molecule has 0 unspecified atom stereocenters. The van der Waals surface area contributed by atoms with E-state index in [1.54, 1.807) is 12.3 Å². The molecular formula is C12H20N4. The molecule has 1 aromatic heterocycles. The van der Waals surface area contributed by atoms with Crippen LogP contribution in [0, 0.1) is 0 Å². The van der Waals surface area contributed by atoms with E-state index < -0.39 is 0 Å². The summed E-state index contributed by atoms with van der Waals surface area (Å²) in [6.45, 7) is 9.00. The number of nitrogens with two attached hydrogens (primary N) is 1. The van der Waals surface area contributed by atoms with Crippen molar-refractivity contribution in [1.82, 2.24) is 14.9 Å². The molecule has 0 saturated heterocycles. The first-order valence-electron chi connectivity index (χ1n) is 5.48. The molecule has 88 valence electrons. The molecule has 0 fully saturated rings. The lowest BCUT2D eigenvalue weighted by molar-refractivity contribution is 0.749. The van der Waals surface area contributed by atoms with Gasteiger partial charge in [-0.2, -0.15) is 0 Å². The van der Waals surface area contributed by atoms with Gasteiger partial charge in [0, 0.05) is 18.4 Å². The van der Waals surface area contributed by atoms with Crippen molar-refractivity contribution in [3.8, 4) is 0 Å². The smallest absolute Gasteiger partial charge is 0.136 e. The van der Waals surface area contributed by atoms with Crippen LogP contribution in [0.25, 0.3) is 12.3 Å². The van der Waals surface area contributed by atoms with Gasteiger partial charge in [-0.15, -0.1) is 0 Å². The zero-order valence-electron chi connectivity index (χ0n) is 9.87. The molecule has 0 radical (unpaired) electrons. The van der Waals surface area contributed by atoms with Gasteiger partial charge in [0.1, 0.15) is 5.82 Å². The third-order valence-electron chi connectivity index (χ3n) is 2.45. The summed E-state index contributed by atoms with van der Waals surface area (Å²) in [5, 5.41) is 3.11. The Bertz CT molecular complexity index is 365. The van der Waals surface area contributed by atoms with E-state index in [-0.39, 0.29) is 0 Å². The summed E-state index contributed by atoms with van der Waals surface area (Å²) >= 11 is 0. The van der Waals surface area contributed by atoms with E-state index in [4.69, 9.17) is 5.73 Å². The monoisotopic (exact) mass is 220 g/mol. The molecule has 1 aromatic rings. The number of nitrogens with zero attached hydrogens (tertiary/aromatic N) is 2. The van der Waals surface area contributed by atoms with Gasteiger partial charge in [-0.1, -0.05) is 13.2 Å². The largest absolute Gasteiger partial charge is 0.330 e. The predicted molar refractivity (Wildman–Crippen MR) is 68.8 cm³/mol. The van der Waals surface area contributed by atoms with Crippen LogP contribution in [0.1, 0.15) is 23.6 Å². The molecule has 4 nitrogen and oxygen atoms in total. The van der Waals surface area contributed by atoms with Gasteiger partial charge in [0.15, 0.2) is 0 Å². The topological polar surface area (TPSA) is 55.9 Å². The van der Waals surface area contributed by atoms with Gasteiger partial charge in [-0.25, -0.2) is 4.98 Å². The average Bonchev–Trinajstić information content (AvgIpc) is 2.64. The highest BCUT2D eigenvalue weighted by Gasteiger charge is 2.12. The lowest BCUT2D eigenvalue weighted by atomic mass is 10.2. The van der Waals surface area contributed by atoms with Crippen molar-refractivity contribution < 1.29 is 0 Å². The van der Waals surface area contributed by atoms with Crippen molar-refractivity contribution in [2.75, 3.05) is 13.6 Å². The number of nitrogens with one attached hydrogen (secondary N) is 1. The van der Waals surface area contributed by atoms with Crippen LogP contribution in [0.5, 0.6) is 0 Å².